The van der Waals surface area contributed by atoms with Crippen LogP contribution in [0, 0.1) is 0 Å². The zero-order valence-electron chi connectivity index (χ0n) is 17.0. The van der Waals surface area contributed by atoms with Gasteiger partial charge in [0.2, 0.25) is 0 Å². The largest absolute Gasteiger partial charge is 0.488 e. The van der Waals surface area contributed by atoms with Crippen LogP contribution >= 0.6 is 11.3 Å². The van der Waals surface area contributed by atoms with Crippen molar-refractivity contribution in [1.82, 2.24) is 4.90 Å². The van der Waals surface area contributed by atoms with Crippen molar-refractivity contribution in [2.45, 2.75) is 26.0 Å². The summed E-state index contributed by atoms with van der Waals surface area (Å²) in [6.07, 6.45) is 3.19. The summed E-state index contributed by atoms with van der Waals surface area (Å²) in [7, 11) is 2.14. The van der Waals surface area contributed by atoms with E-state index >= 15 is 0 Å². The van der Waals surface area contributed by atoms with Crippen LogP contribution < -0.4 is 4.74 Å². The Morgan fingerprint density at radius 2 is 2.00 bits per heavy atom. The first kappa shape index (κ1) is 20.4. The first-order valence-corrected chi connectivity index (χ1v) is 11.0. The van der Waals surface area contributed by atoms with Crippen LogP contribution in [0.5, 0.6) is 5.75 Å². The van der Waals surface area contributed by atoms with E-state index in [2.05, 4.69) is 53.7 Å². The molecule has 1 aromatic heterocycles. The van der Waals surface area contributed by atoms with Crippen molar-refractivity contribution in [3.8, 4) is 5.75 Å². The van der Waals surface area contributed by atoms with E-state index in [1.807, 2.05) is 24.3 Å². The Kier molecular flexibility index (Phi) is 6.31. The van der Waals surface area contributed by atoms with E-state index in [9.17, 15) is 9.90 Å². The summed E-state index contributed by atoms with van der Waals surface area (Å²) in [5.41, 5.74) is 5.41. The highest BCUT2D eigenvalue weighted by Gasteiger charge is 2.21. The average Bonchev–Trinajstić information content (AvgIpc) is 3.13. The minimum absolute atomic E-state index is 0.0116. The summed E-state index contributed by atoms with van der Waals surface area (Å²) < 4.78 is 6.04. The maximum atomic E-state index is 11.2. The molecule has 2 aromatic carbocycles. The number of ether oxygens (including phenoxy) is 1. The van der Waals surface area contributed by atoms with Crippen molar-refractivity contribution in [3.63, 3.8) is 0 Å². The summed E-state index contributed by atoms with van der Waals surface area (Å²) >= 11 is 1.71. The van der Waals surface area contributed by atoms with Gasteiger partial charge in [0.1, 0.15) is 12.4 Å². The van der Waals surface area contributed by atoms with Crippen molar-refractivity contribution >= 4 is 22.9 Å². The van der Waals surface area contributed by atoms with E-state index < -0.39 is 5.97 Å². The Balaban J connectivity index is 1.57. The fraction of sp³-hybridized carbons (Fsp3) is 0.240. The number of rotatable bonds is 7. The van der Waals surface area contributed by atoms with E-state index in [1.165, 1.54) is 16.0 Å². The minimum Gasteiger partial charge on any atom is -0.488 e. The van der Waals surface area contributed by atoms with Crippen LogP contribution in [0.4, 0.5) is 0 Å². The normalized spacial score (nSPS) is 14.1. The molecular weight excluding hydrogens is 394 g/mol. The number of hydrogen-bond acceptors (Lipinski definition) is 4. The quantitative estimate of drug-likeness (QED) is 0.570. The first-order chi connectivity index (χ1) is 14.6. The van der Waals surface area contributed by atoms with Gasteiger partial charge in [-0.25, -0.2) is 0 Å². The van der Waals surface area contributed by atoms with Crippen molar-refractivity contribution < 1.29 is 14.6 Å². The lowest BCUT2D eigenvalue weighted by molar-refractivity contribution is -0.136. The Morgan fingerprint density at radius 3 is 2.80 bits per heavy atom. The van der Waals surface area contributed by atoms with Gasteiger partial charge < -0.3 is 14.7 Å². The molecule has 0 atom stereocenters. The van der Waals surface area contributed by atoms with Gasteiger partial charge in [-0.1, -0.05) is 42.5 Å². The highest BCUT2D eigenvalue weighted by Crippen LogP contribution is 2.40. The molecule has 0 bridgehead atoms. The van der Waals surface area contributed by atoms with Crippen molar-refractivity contribution in [3.05, 3.63) is 93.2 Å². The lowest BCUT2D eigenvalue weighted by atomic mass is 9.97. The summed E-state index contributed by atoms with van der Waals surface area (Å²) in [5.74, 6) is -0.00852. The topological polar surface area (TPSA) is 49.8 Å². The van der Waals surface area contributed by atoms with Gasteiger partial charge in [-0.05, 0) is 53.7 Å². The second-order valence-corrected chi connectivity index (χ2v) is 8.51. The van der Waals surface area contributed by atoms with E-state index in [4.69, 9.17) is 4.74 Å². The number of aliphatic carboxylic acids is 1. The minimum atomic E-state index is -0.825. The Morgan fingerprint density at radius 1 is 1.17 bits per heavy atom. The predicted octanol–water partition coefficient (Wildman–Crippen LogP) is 5.22. The number of nitrogens with zero attached hydrogens (tertiary/aromatic N) is 1. The molecule has 1 N–H and O–H groups in total. The second-order valence-electron chi connectivity index (χ2n) is 7.59. The van der Waals surface area contributed by atoms with Crippen LogP contribution in [0.3, 0.4) is 0 Å². The monoisotopic (exact) mass is 419 g/mol. The van der Waals surface area contributed by atoms with E-state index in [0.717, 1.165) is 42.0 Å². The molecule has 4 rings (SSSR count). The average molecular weight is 420 g/mol. The van der Waals surface area contributed by atoms with E-state index in [0.29, 0.717) is 6.61 Å². The predicted molar refractivity (Wildman–Crippen MR) is 121 cm³/mol. The molecule has 0 saturated heterocycles. The number of thiophene rings is 1. The maximum absolute atomic E-state index is 11.2. The van der Waals surface area contributed by atoms with Crippen LogP contribution in [-0.2, 0) is 24.4 Å². The fourth-order valence-electron chi connectivity index (χ4n) is 3.77. The van der Waals surface area contributed by atoms with Gasteiger partial charge in [-0.2, -0.15) is 0 Å². The van der Waals surface area contributed by atoms with Crippen LogP contribution in [0.1, 0.15) is 33.6 Å². The molecular formula is C25H25NO3S. The summed E-state index contributed by atoms with van der Waals surface area (Å²) in [6.45, 7) is 2.39. The molecule has 0 saturated carbocycles. The molecule has 0 amide bonds. The molecule has 2 heterocycles. The molecule has 1 aliphatic heterocycles. The molecule has 0 unspecified atom stereocenters. The number of fused-ring (bicyclic) bond motifs is 2. The lowest BCUT2D eigenvalue weighted by Gasteiger charge is -2.16. The maximum Gasteiger partial charge on any atom is 0.307 e. The molecule has 3 aromatic rings. The number of carboxylic acid groups (broad SMARTS) is 1. The van der Waals surface area contributed by atoms with Gasteiger partial charge in [-0.15, -0.1) is 11.3 Å². The summed E-state index contributed by atoms with van der Waals surface area (Å²) in [4.78, 5) is 14.7. The molecule has 0 radical (unpaired) electrons. The standard InChI is InChI=1S/C25H25NO3S/c1-26(16-18-6-3-2-4-7-18)12-5-8-21-22-14-19(15-24(27)28)9-10-23(22)29-17-20-11-13-30-25(20)21/h2-4,6-11,13-14H,5,12,15-17H2,1H3,(H,27,28)/b21-8-. The molecule has 0 aliphatic carbocycles. The van der Waals surface area contributed by atoms with Gasteiger partial charge in [-0.3, -0.25) is 4.79 Å². The van der Waals surface area contributed by atoms with Gasteiger partial charge in [0, 0.05) is 29.1 Å². The second kappa shape index (κ2) is 9.28. The number of benzene rings is 2. The molecule has 154 valence electrons. The number of carboxylic acids is 1. The Hall–Kier alpha value is -2.89. The highest BCUT2D eigenvalue weighted by molar-refractivity contribution is 7.11. The van der Waals surface area contributed by atoms with E-state index in [1.54, 1.807) is 11.3 Å². The third-order valence-electron chi connectivity index (χ3n) is 5.22. The summed E-state index contributed by atoms with van der Waals surface area (Å²) in [5, 5.41) is 11.3. The zero-order valence-corrected chi connectivity index (χ0v) is 17.8. The Labute approximate surface area is 181 Å². The van der Waals surface area contributed by atoms with Crippen molar-refractivity contribution in [1.29, 1.82) is 0 Å². The Bertz CT molecular complexity index is 1060. The van der Waals surface area contributed by atoms with Gasteiger partial charge in [0.15, 0.2) is 0 Å². The number of hydrogen-bond donors (Lipinski definition) is 1. The molecule has 0 fully saturated rings. The molecule has 30 heavy (non-hydrogen) atoms. The smallest absolute Gasteiger partial charge is 0.307 e. The molecule has 4 nitrogen and oxygen atoms in total. The van der Waals surface area contributed by atoms with E-state index in [-0.39, 0.29) is 6.42 Å². The van der Waals surface area contributed by atoms with Gasteiger partial charge >= 0.3 is 5.97 Å². The van der Waals surface area contributed by atoms with Gasteiger partial charge in [0.05, 0.1) is 6.42 Å². The zero-order chi connectivity index (χ0) is 20.9. The first-order valence-electron chi connectivity index (χ1n) is 10.1. The van der Waals surface area contributed by atoms with Crippen molar-refractivity contribution in [2.75, 3.05) is 13.6 Å². The van der Waals surface area contributed by atoms with Crippen LogP contribution in [0.25, 0.3) is 5.57 Å². The van der Waals surface area contributed by atoms with Crippen LogP contribution in [0.2, 0.25) is 0 Å². The third kappa shape index (κ3) is 4.81. The van der Waals surface area contributed by atoms with Crippen molar-refractivity contribution in [2.24, 2.45) is 0 Å². The van der Waals surface area contributed by atoms with Crippen LogP contribution in [-0.4, -0.2) is 29.6 Å². The van der Waals surface area contributed by atoms with Gasteiger partial charge in [0.25, 0.3) is 0 Å². The lowest BCUT2D eigenvalue weighted by Crippen LogP contribution is -2.18. The molecule has 1 aliphatic rings. The third-order valence-corrected chi connectivity index (χ3v) is 6.21. The highest BCUT2D eigenvalue weighted by atomic mass is 32.1. The SMILES string of the molecule is CN(CC/C=C1/c2cc(CC(=O)O)ccc2OCc2ccsc21)Cc1ccccc1. The summed E-state index contributed by atoms with van der Waals surface area (Å²) in [6, 6.07) is 18.3. The molecule has 5 heteroatoms. The van der Waals surface area contributed by atoms with Crippen LogP contribution in [0.15, 0.2) is 66.1 Å². The number of carbonyl (C=O) groups is 1. The fourth-order valence-corrected chi connectivity index (χ4v) is 4.73. The molecule has 0 spiro atoms.